The number of benzene rings is 1. The van der Waals surface area contributed by atoms with Gasteiger partial charge in [-0.05, 0) is 62.8 Å². The summed E-state index contributed by atoms with van der Waals surface area (Å²) >= 11 is 0. The van der Waals surface area contributed by atoms with E-state index in [1.165, 1.54) is 5.56 Å². The van der Waals surface area contributed by atoms with Crippen LogP contribution in [0.4, 0.5) is 0 Å². The summed E-state index contributed by atoms with van der Waals surface area (Å²) in [7, 11) is 1.67. The molecule has 0 aliphatic heterocycles. The zero-order chi connectivity index (χ0) is 15.1. The summed E-state index contributed by atoms with van der Waals surface area (Å²) in [6.45, 7) is 4.46. The molecule has 1 fully saturated rings. The van der Waals surface area contributed by atoms with Gasteiger partial charge in [-0.25, -0.2) is 0 Å². The van der Waals surface area contributed by atoms with Crippen molar-refractivity contribution in [1.29, 1.82) is 0 Å². The molecule has 0 unspecified atom stereocenters. The van der Waals surface area contributed by atoms with Crippen LogP contribution in [0.2, 0.25) is 0 Å². The Morgan fingerprint density at radius 3 is 2.62 bits per heavy atom. The van der Waals surface area contributed by atoms with Gasteiger partial charge in [0.2, 0.25) is 0 Å². The molecule has 0 bridgehead atoms. The maximum Gasteiger partial charge on any atom is 0.161 e. The second kappa shape index (κ2) is 8.25. The number of nitrogens with one attached hydrogen (secondary N) is 1. The summed E-state index contributed by atoms with van der Waals surface area (Å²) in [5.74, 6) is 2.28. The van der Waals surface area contributed by atoms with Crippen molar-refractivity contribution in [1.82, 2.24) is 5.32 Å². The Morgan fingerprint density at radius 1 is 1.19 bits per heavy atom. The average Bonchev–Trinajstić information content (AvgIpc) is 2.51. The van der Waals surface area contributed by atoms with Gasteiger partial charge in [0.1, 0.15) is 0 Å². The molecule has 1 aliphatic rings. The van der Waals surface area contributed by atoms with Crippen LogP contribution < -0.4 is 14.8 Å². The quantitative estimate of drug-likeness (QED) is 0.811. The van der Waals surface area contributed by atoms with Crippen LogP contribution in [0.25, 0.3) is 0 Å². The Labute approximate surface area is 127 Å². The molecule has 0 amide bonds. The van der Waals surface area contributed by atoms with Crippen LogP contribution in [0.15, 0.2) is 18.2 Å². The fourth-order valence-corrected chi connectivity index (χ4v) is 2.87. The first-order valence-corrected chi connectivity index (χ1v) is 7.91. The topological polar surface area (TPSA) is 50.7 Å². The summed E-state index contributed by atoms with van der Waals surface area (Å²) in [6.07, 6.45) is 4.07. The van der Waals surface area contributed by atoms with Crippen molar-refractivity contribution in [2.24, 2.45) is 5.92 Å². The highest BCUT2D eigenvalue weighted by Gasteiger charge is 2.18. The van der Waals surface area contributed by atoms with Gasteiger partial charge in [0.05, 0.1) is 19.8 Å². The van der Waals surface area contributed by atoms with Crippen molar-refractivity contribution in [3.05, 3.63) is 23.8 Å². The Kier molecular flexibility index (Phi) is 6.33. The third-order valence-electron chi connectivity index (χ3n) is 4.11. The summed E-state index contributed by atoms with van der Waals surface area (Å²) in [5, 5.41) is 13.0. The SMILES string of the molecule is CCOc1ccc(CNCC2CCC(O)CC2)cc1OC. The van der Waals surface area contributed by atoms with Gasteiger partial charge in [0.25, 0.3) is 0 Å². The molecule has 0 atom stereocenters. The minimum atomic E-state index is -0.0726. The number of aliphatic hydroxyl groups excluding tert-OH is 1. The predicted octanol–water partition coefficient (Wildman–Crippen LogP) is 2.73. The van der Waals surface area contributed by atoms with Crippen LogP contribution in [0.5, 0.6) is 11.5 Å². The second-order valence-corrected chi connectivity index (χ2v) is 5.72. The molecule has 0 saturated heterocycles. The molecule has 1 saturated carbocycles. The molecule has 4 heteroatoms. The van der Waals surface area contributed by atoms with E-state index in [0.717, 1.165) is 50.3 Å². The van der Waals surface area contributed by atoms with Gasteiger partial charge in [-0.1, -0.05) is 6.07 Å². The van der Waals surface area contributed by atoms with Gasteiger partial charge in [0, 0.05) is 6.54 Å². The number of rotatable bonds is 7. The molecule has 0 heterocycles. The zero-order valence-electron chi connectivity index (χ0n) is 13.1. The molecule has 1 aromatic carbocycles. The fourth-order valence-electron chi connectivity index (χ4n) is 2.87. The van der Waals surface area contributed by atoms with Crippen LogP contribution in [-0.2, 0) is 6.54 Å². The number of hydrogen-bond acceptors (Lipinski definition) is 4. The van der Waals surface area contributed by atoms with E-state index in [1.807, 2.05) is 19.1 Å². The van der Waals surface area contributed by atoms with Crippen molar-refractivity contribution in [3.8, 4) is 11.5 Å². The molecular formula is C17H27NO3. The van der Waals surface area contributed by atoms with E-state index < -0.39 is 0 Å². The standard InChI is InChI=1S/C17H27NO3/c1-3-21-16-9-6-14(10-17(16)20-2)12-18-11-13-4-7-15(19)8-5-13/h6,9-10,13,15,18-19H,3-5,7-8,11-12H2,1-2H3. The lowest BCUT2D eigenvalue weighted by atomic mass is 9.87. The van der Waals surface area contributed by atoms with Gasteiger partial charge < -0.3 is 19.9 Å². The molecule has 1 aromatic rings. The molecule has 2 rings (SSSR count). The van der Waals surface area contributed by atoms with Crippen LogP contribution in [0.3, 0.4) is 0 Å². The van der Waals surface area contributed by atoms with Crippen LogP contribution in [0, 0.1) is 5.92 Å². The average molecular weight is 293 g/mol. The van der Waals surface area contributed by atoms with Gasteiger partial charge in [-0.15, -0.1) is 0 Å². The van der Waals surface area contributed by atoms with Crippen molar-refractivity contribution < 1.29 is 14.6 Å². The summed E-state index contributed by atoms with van der Waals surface area (Å²) in [4.78, 5) is 0. The van der Waals surface area contributed by atoms with Crippen molar-refractivity contribution >= 4 is 0 Å². The fraction of sp³-hybridized carbons (Fsp3) is 0.647. The lowest BCUT2D eigenvalue weighted by Crippen LogP contribution is -2.27. The van der Waals surface area contributed by atoms with Crippen LogP contribution in [0.1, 0.15) is 38.2 Å². The highest BCUT2D eigenvalue weighted by atomic mass is 16.5. The summed E-state index contributed by atoms with van der Waals surface area (Å²) < 4.78 is 10.9. The summed E-state index contributed by atoms with van der Waals surface area (Å²) in [6, 6.07) is 6.07. The van der Waals surface area contributed by atoms with Gasteiger partial charge in [-0.3, -0.25) is 0 Å². The molecule has 0 aromatic heterocycles. The maximum absolute atomic E-state index is 9.51. The molecule has 2 N–H and O–H groups in total. The molecule has 0 spiro atoms. The van der Waals surface area contributed by atoms with Gasteiger partial charge in [0.15, 0.2) is 11.5 Å². The molecule has 0 radical (unpaired) electrons. The van der Waals surface area contributed by atoms with E-state index in [9.17, 15) is 5.11 Å². The van der Waals surface area contributed by atoms with Gasteiger partial charge >= 0.3 is 0 Å². The van der Waals surface area contributed by atoms with Gasteiger partial charge in [-0.2, -0.15) is 0 Å². The molecular weight excluding hydrogens is 266 g/mol. The third-order valence-corrected chi connectivity index (χ3v) is 4.11. The van der Waals surface area contributed by atoms with E-state index in [0.29, 0.717) is 12.5 Å². The second-order valence-electron chi connectivity index (χ2n) is 5.72. The first-order chi connectivity index (χ1) is 10.2. The maximum atomic E-state index is 9.51. The first-order valence-electron chi connectivity index (χ1n) is 7.91. The molecule has 1 aliphatic carbocycles. The predicted molar refractivity (Wildman–Crippen MR) is 83.8 cm³/mol. The Hall–Kier alpha value is -1.26. The van der Waals surface area contributed by atoms with Crippen molar-refractivity contribution in [3.63, 3.8) is 0 Å². The van der Waals surface area contributed by atoms with E-state index >= 15 is 0 Å². The van der Waals surface area contributed by atoms with E-state index in [1.54, 1.807) is 7.11 Å². The van der Waals surface area contributed by atoms with E-state index in [-0.39, 0.29) is 6.10 Å². The molecule has 118 valence electrons. The normalized spacial score (nSPS) is 22.0. The van der Waals surface area contributed by atoms with E-state index in [4.69, 9.17) is 9.47 Å². The summed E-state index contributed by atoms with van der Waals surface area (Å²) in [5.41, 5.74) is 1.20. The van der Waals surface area contributed by atoms with Crippen LogP contribution in [-0.4, -0.2) is 31.5 Å². The van der Waals surface area contributed by atoms with Crippen LogP contribution >= 0.6 is 0 Å². The highest BCUT2D eigenvalue weighted by molar-refractivity contribution is 5.42. The monoisotopic (exact) mass is 293 g/mol. The number of aliphatic hydroxyl groups is 1. The minimum Gasteiger partial charge on any atom is -0.493 e. The Balaban J connectivity index is 1.80. The molecule has 21 heavy (non-hydrogen) atoms. The van der Waals surface area contributed by atoms with Crippen molar-refractivity contribution in [2.45, 2.75) is 45.3 Å². The lowest BCUT2D eigenvalue weighted by molar-refractivity contribution is 0.108. The zero-order valence-corrected chi connectivity index (χ0v) is 13.1. The lowest BCUT2D eigenvalue weighted by Gasteiger charge is -2.25. The third kappa shape index (κ3) is 4.90. The number of methoxy groups -OCH3 is 1. The Morgan fingerprint density at radius 2 is 1.95 bits per heavy atom. The van der Waals surface area contributed by atoms with Crippen molar-refractivity contribution in [2.75, 3.05) is 20.3 Å². The van der Waals surface area contributed by atoms with E-state index in [2.05, 4.69) is 11.4 Å². The first kappa shape index (κ1) is 16.1. The smallest absolute Gasteiger partial charge is 0.161 e. The number of hydrogen-bond donors (Lipinski definition) is 2. The minimum absolute atomic E-state index is 0.0726. The largest absolute Gasteiger partial charge is 0.493 e. The Bertz CT molecular complexity index is 428. The highest BCUT2D eigenvalue weighted by Crippen LogP contribution is 2.28. The number of ether oxygens (including phenoxy) is 2. The molecule has 4 nitrogen and oxygen atoms in total.